The van der Waals surface area contributed by atoms with Crippen LogP contribution >= 0.6 is 11.3 Å². The number of hydrogen-bond donors (Lipinski definition) is 2. The van der Waals surface area contributed by atoms with Gasteiger partial charge in [0, 0.05) is 0 Å². The number of nitrogens with two attached hydrogens (primary N) is 1. The van der Waals surface area contributed by atoms with E-state index in [1.807, 2.05) is 10.8 Å². The van der Waals surface area contributed by atoms with Crippen molar-refractivity contribution in [3.05, 3.63) is 28.1 Å². The minimum Gasteiger partial charge on any atom is -0.477 e. The van der Waals surface area contributed by atoms with Crippen molar-refractivity contribution in [3.63, 3.8) is 0 Å². The van der Waals surface area contributed by atoms with Gasteiger partial charge in [0.15, 0.2) is 0 Å². The summed E-state index contributed by atoms with van der Waals surface area (Å²) in [5.41, 5.74) is 5.87. The highest BCUT2D eigenvalue weighted by atomic mass is 32.1. The monoisotopic (exact) mass is 169 g/mol. The highest BCUT2D eigenvalue weighted by molar-refractivity contribution is 7.08. The van der Waals surface area contributed by atoms with E-state index in [-0.39, 0.29) is 5.70 Å². The van der Waals surface area contributed by atoms with Crippen molar-refractivity contribution < 1.29 is 9.90 Å². The molecule has 0 aliphatic rings. The van der Waals surface area contributed by atoms with Gasteiger partial charge in [0.2, 0.25) is 0 Å². The molecule has 1 aromatic heterocycles. The predicted octanol–water partition coefficient (Wildman–Crippen LogP) is 1.13. The Morgan fingerprint density at radius 1 is 1.73 bits per heavy atom. The van der Waals surface area contributed by atoms with Crippen molar-refractivity contribution in [2.24, 2.45) is 5.73 Å². The van der Waals surface area contributed by atoms with Crippen LogP contribution in [0, 0.1) is 0 Å². The average Bonchev–Trinajstić information content (AvgIpc) is 2.39. The van der Waals surface area contributed by atoms with Crippen LogP contribution in [0.4, 0.5) is 0 Å². The van der Waals surface area contributed by atoms with Crippen LogP contribution in [0.25, 0.3) is 6.08 Å². The summed E-state index contributed by atoms with van der Waals surface area (Å²) < 4.78 is 0. The summed E-state index contributed by atoms with van der Waals surface area (Å²) in [7, 11) is 0. The number of rotatable bonds is 2. The zero-order valence-corrected chi connectivity index (χ0v) is 6.47. The first kappa shape index (κ1) is 7.81. The normalized spacial score (nSPS) is 11.5. The smallest absolute Gasteiger partial charge is 0.351 e. The zero-order chi connectivity index (χ0) is 8.27. The average molecular weight is 169 g/mol. The van der Waals surface area contributed by atoms with E-state index in [4.69, 9.17) is 10.8 Å². The topological polar surface area (TPSA) is 63.3 Å². The number of aliphatic carboxylic acids is 1. The van der Waals surface area contributed by atoms with Crippen LogP contribution in [-0.2, 0) is 4.79 Å². The maximum atomic E-state index is 10.2. The summed E-state index contributed by atoms with van der Waals surface area (Å²) >= 11 is 1.50. The molecule has 0 aliphatic heterocycles. The van der Waals surface area contributed by atoms with Gasteiger partial charge >= 0.3 is 5.97 Å². The lowest BCUT2D eigenvalue weighted by Gasteiger charge is -1.89. The molecule has 0 atom stereocenters. The molecule has 0 aliphatic carbocycles. The summed E-state index contributed by atoms with van der Waals surface area (Å²) in [4.78, 5) is 10.2. The van der Waals surface area contributed by atoms with Crippen molar-refractivity contribution in [2.45, 2.75) is 0 Å². The Morgan fingerprint density at radius 2 is 2.45 bits per heavy atom. The summed E-state index contributed by atoms with van der Waals surface area (Å²) in [5.74, 6) is -1.09. The van der Waals surface area contributed by atoms with E-state index < -0.39 is 5.97 Å². The van der Waals surface area contributed by atoms with Gasteiger partial charge < -0.3 is 10.8 Å². The molecule has 3 N–H and O–H groups in total. The number of carbonyl (C=O) groups is 1. The highest BCUT2D eigenvalue weighted by Gasteiger charge is 1.99. The number of carboxylic acids is 1. The SMILES string of the molecule is NC(=Cc1ccsc1)C(=O)O. The van der Waals surface area contributed by atoms with Gasteiger partial charge in [0.1, 0.15) is 5.70 Å². The van der Waals surface area contributed by atoms with E-state index in [2.05, 4.69) is 0 Å². The van der Waals surface area contributed by atoms with Gasteiger partial charge in [-0.2, -0.15) is 11.3 Å². The molecule has 0 saturated carbocycles. The number of carboxylic acid groups (broad SMARTS) is 1. The van der Waals surface area contributed by atoms with E-state index in [1.165, 1.54) is 17.4 Å². The van der Waals surface area contributed by atoms with Gasteiger partial charge in [0.25, 0.3) is 0 Å². The minimum absolute atomic E-state index is 0.136. The molecule has 11 heavy (non-hydrogen) atoms. The molecule has 1 heterocycles. The quantitative estimate of drug-likeness (QED) is 0.652. The van der Waals surface area contributed by atoms with Crippen LogP contribution in [0.5, 0.6) is 0 Å². The molecular formula is C7H7NO2S. The van der Waals surface area contributed by atoms with E-state index in [9.17, 15) is 4.79 Å². The summed E-state index contributed by atoms with van der Waals surface area (Å²) in [5, 5.41) is 12.1. The Bertz CT molecular complexity index is 277. The maximum absolute atomic E-state index is 10.2. The van der Waals surface area contributed by atoms with Crippen molar-refractivity contribution >= 4 is 23.4 Å². The van der Waals surface area contributed by atoms with Crippen LogP contribution in [0.1, 0.15) is 5.56 Å². The number of hydrogen-bond acceptors (Lipinski definition) is 3. The third kappa shape index (κ3) is 2.09. The Morgan fingerprint density at radius 3 is 2.91 bits per heavy atom. The maximum Gasteiger partial charge on any atom is 0.351 e. The number of thiophene rings is 1. The molecule has 0 amide bonds. The summed E-state index contributed by atoms with van der Waals surface area (Å²) in [6, 6.07) is 1.81. The van der Waals surface area contributed by atoms with Gasteiger partial charge in [-0.1, -0.05) is 0 Å². The standard InChI is InChI=1S/C7H7NO2S/c8-6(7(9)10)3-5-1-2-11-4-5/h1-4H,8H2,(H,9,10). The molecular weight excluding hydrogens is 162 g/mol. The molecule has 1 rings (SSSR count). The van der Waals surface area contributed by atoms with Crippen molar-refractivity contribution in [1.29, 1.82) is 0 Å². The molecule has 0 unspecified atom stereocenters. The lowest BCUT2D eigenvalue weighted by molar-refractivity contribution is -0.132. The Labute approximate surface area is 67.8 Å². The van der Waals surface area contributed by atoms with Crippen molar-refractivity contribution in [2.75, 3.05) is 0 Å². The van der Waals surface area contributed by atoms with Gasteiger partial charge in [-0.3, -0.25) is 0 Å². The van der Waals surface area contributed by atoms with Crippen LogP contribution < -0.4 is 5.73 Å². The van der Waals surface area contributed by atoms with Crippen molar-refractivity contribution in [3.8, 4) is 0 Å². The van der Waals surface area contributed by atoms with E-state index >= 15 is 0 Å². The Hall–Kier alpha value is -1.29. The first-order valence-corrected chi connectivity index (χ1v) is 3.87. The second-order valence-corrected chi connectivity index (χ2v) is 2.74. The Balaban J connectivity index is 2.82. The summed E-state index contributed by atoms with van der Waals surface area (Å²) in [6.07, 6.45) is 1.43. The van der Waals surface area contributed by atoms with E-state index in [0.29, 0.717) is 0 Å². The molecule has 0 fully saturated rings. The lowest BCUT2D eigenvalue weighted by Crippen LogP contribution is -2.08. The van der Waals surface area contributed by atoms with Crippen LogP contribution in [0.2, 0.25) is 0 Å². The van der Waals surface area contributed by atoms with E-state index in [1.54, 1.807) is 6.07 Å². The predicted molar refractivity (Wildman–Crippen MR) is 44.1 cm³/mol. The molecule has 0 spiro atoms. The van der Waals surface area contributed by atoms with Gasteiger partial charge in [-0.25, -0.2) is 4.79 Å². The lowest BCUT2D eigenvalue weighted by atomic mass is 10.3. The van der Waals surface area contributed by atoms with E-state index in [0.717, 1.165) is 5.56 Å². The van der Waals surface area contributed by atoms with Crippen LogP contribution in [-0.4, -0.2) is 11.1 Å². The molecule has 58 valence electrons. The largest absolute Gasteiger partial charge is 0.477 e. The zero-order valence-electron chi connectivity index (χ0n) is 5.65. The van der Waals surface area contributed by atoms with Crippen LogP contribution in [0.3, 0.4) is 0 Å². The fourth-order valence-corrected chi connectivity index (χ4v) is 1.22. The molecule has 3 nitrogen and oxygen atoms in total. The molecule has 0 radical (unpaired) electrons. The fourth-order valence-electron chi connectivity index (χ4n) is 0.598. The second kappa shape index (κ2) is 3.21. The first-order valence-electron chi connectivity index (χ1n) is 2.93. The molecule has 4 heteroatoms. The molecule has 0 bridgehead atoms. The second-order valence-electron chi connectivity index (χ2n) is 1.96. The molecule has 1 aromatic rings. The minimum atomic E-state index is -1.09. The highest BCUT2D eigenvalue weighted by Crippen LogP contribution is 2.08. The van der Waals surface area contributed by atoms with Crippen LogP contribution in [0.15, 0.2) is 22.5 Å². The third-order valence-corrected chi connectivity index (χ3v) is 1.81. The first-order chi connectivity index (χ1) is 5.20. The van der Waals surface area contributed by atoms with Gasteiger partial charge in [-0.05, 0) is 28.5 Å². The summed E-state index contributed by atoms with van der Waals surface area (Å²) in [6.45, 7) is 0. The third-order valence-electron chi connectivity index (χ3n) is 1.11. The molecule has 0 aromatic carbocycles. The van der Waals surface area contributed by atoms with Gasteiger partial charge in [-0.15, -0.1) is 0 Å². The fraction of sp³-hybridized carbons (Fsp3) is 0. The Kier molecular flexibility index (Phi) is 2.28. The molecule has 0 saturated heterocycles. The van der Waals surface area contributed by atoms with Gasteiger partial charge in [0.05, 0.1) is 0 Å². The van der Waals surface area contributed by atoms with Crippen molar-refractivity contribution in [1.82, 2.24) is 0 Å².